The maximum absolute atomic E-state index is 13.6. The molecule has 3 unspecified atom stereocenters. The smallest absolute Gasteiger partial charge is 0.338 e. The topological polar surface area (TPSA) is 78.4 Å². The van der Waals surface area contributed by atoms with Crippen LogP contribution in [0.1, 0.15) is 29.6 Å². The summed E-state index contributed by atoms with van der Waals surface area (Å²) in [4.78, 5) is 23.0. The van der Waals surface area contributed by atoms with E-state index in [0.717, 1.165) is 37.9 Å². The summed E-state index contributed by atoms with van der Waals surface area (Å²) in [6.45, 7) is 0.856. The maximum atomic E-state index is 13.6. The van der Waals surface area contributed by atoms with Crippen molar-refractivity contribution >= 4 is 17.6 Å². The van der Waals surface area contributed by atoms with E-state index in [-0.39, 0.29) is 17.6 Å². The zero-order chi connectivity index (χ0) is 15.0. The van der Waals surface area contributed by atoms with E-state index >= 15 is 0 Å². The molecule has 1 amide bonds. The molecule has 6 heteroatoms. The summed E-state index contributed by atoms with van der Waals surface area (Å²) in [7, 11) is 0. The Hall–Kier alpha value is -1.95. The van der Waals surface area contributed by atoms with Crippen molar-refractivity contribution < 1.29 is 19.1 Å². The van der Waals surface area contributed by atoms with Crippen LogP contribution >= 0.6 is 0 Å². The zero-order valence-electron chi connectivity index (χ0n) is 11.4. The van der Waals surface area contributed by atoms with Crippen LogP contribution in [0.2, 0.25) is 0 Å². The molecule has 1 aliphatic heterocycles. The molecule has 5 nitrogen and oxygen atoms in total. The van der Waals surface area contributed by atoms with Gasteiger partial charge in [-0.15, -0.1) is 0 Å². The third-order valence-electron chi connectivity index (χ3n) is 4.50. The first kappa shape index (κ1) is 14.0. The van der Waals surface area contributed by atoms with Crippen molar-refractivity contribution in [3.8, 4) is 0 Å². The van der Waals surface area contributed by atoms with Crippen molar-refractivity contribution in [3.05, 3.63) is 29.6 Å². The fraction of sp³-hybridized carbons (Fsp3) is 0.467. The SMILES string of the molecule is O=C(O)c1ccc(NC(=O)C2NCC3CCCC32)cc1F. The van der Waals surface area contributed by atoms with Gasteiger partial charge >= 0.3 is 5.97 Å². The number of halogens is 1. The number of amides is 1. The molecule has 0 aromatic heterocycles. The van der Waals surface area contributed by atoms with Crippen molar-refractivity contribution in [2.75, 3.05) is 11.9 Å². The van der Waals surface area contributed by atoms with Gasteiger partial charge in [-0.05, 0) is 49.4 Å². The van der Waals surface area contributed by atoms with Crippen molar-refractivity contribution in [2.24, 2.45) is 11.8 Å². The van der Waals surface area contributed by atoms with E-state index in [2.05, 4.69) is 10.6 Å². The Labute approximate surface area is 121 Å². The van der Waals surface area contributed by atoms with E-state index in [9.17, 15) is 14.0 Å². The molecule has 1 aromatic rings. The number of carboxylic acids is 1. The van der Waals surface area contributed by atoms with Crippen LogP contribution in [0.3, 0.4) is 0 Å². The van der Waals surface area contributed by atoms with Crippen LogP contribution in [0.4, 0.5) is 10.1 Å². The second-order valence-corrected chi connectivity index (χ2v) is 5.73. The molecule has 3 atom stereocenters. The van der Waals surface area contributed by atoms with Gasteiger partial charge in [-0.3, -0.25) is 4.79 Å². The van der Waals surface area contributed by atoms with Crippen molar-refractivity contribution in [2.45, 2.75) is 25.3 Å². The summed E-state index contributed by atoms with van der Waals surface area (Å²) >= 11 is 0. The fourth-order valence-electron chi connectivity index (χ4n) is 3.46. The van der Waals surface area contributed by atoms with Crippen LogP contribution < -0.4 is 10.6 Å². The summed E-state index contributed by atoms with van der Waals surface area (Å²) in [5.74, 6) is -1.43. The fourth-order valence-corrected chi connectivity index (χ4v) is 3.46. The lowest BCUT2D eigenvalue weighted by molar-refractivity contribution is -0.118. The molecule has 21 heavy (non-hydrogen) atoms. The number of hydrogen-bond donors (Lipinski definition) is 3. The number of carbonyl (C=O) groups is 2. The maximum Gasteiger partial charge on any atom is 0.338 e. The number of carbonyl (C=O) groups excluding carboxylic acids is 1. The van der Waals surface area contributed by atoms with Gasteiger partial charge < -0.3 is 15.7 Å². The number of aromatic carboxylic acids is 1. The molecule has 1 aliphatic carbocycles. The van der Waals surface area contributed by atoms with Gasteiger partial charge in [-0.1, -0.05) is 6.42 Å². The van der Waals surface area contributed by atoms with Crippen LogP contribution in [0.15, 0.2) is 18.2 Å². The van der Waals surface area contributed by atoms with Gasteiger partial charge in [0.05, 0.1) is 11.6 Å². The predicted octanol–water partition coefficient (Wildman–Crippen LogP) is 1.85. The van der Waals surface area contributed by atoms with Crippen molar-refractivity contribution in [1.82, 2.24) is 5.32 Å². The molecule has 112 valence electrons. The summed E-state index contributed by atoms with van der Waals surface area (Å²) in [5.41, 5.74) is -0.117. The number of hydrogen-bond acceptors (Lipinski definition) is 3. The lowest BCUT2D eigenvalue weighted by Gasteiger charge is -2.17. The summed E-state index contributed by atoms with van der Waals surface area (Å²) in [6.07, 6.45) is 3.36. The van der Waals surface area contributed by atoms with Gasteiger partial charge in [0.25, 0.3) is 0 Å². The molecule has 0 spiro atoms. The average Bonchev–Trinajstić information content (AvgIpc) is 3.00. The first-order chi connectivity index (χ1) is 10.1. The van der Waals surface area contributed by atoms with Crippen LogP contribution in [-0.4, -0.2) is 29.6 Å². The first-order valence-corrected chi connectivity index (χ1v) is 7.13. The third kappa shape index (κ3) is 2.63. The summed E-state index contributed by atoms with van der Waals surface area (Å²) in [5, 5.41) is 14.7. The Morgan fingerprint density at radius 3 is 2.86 bits per heavy atom. The van der Waals surface area contributed by atoms with E-state index in [0.29, 0.717) is 11.8 Å². The molecule has 1 aromatic carbocycles. The number of carboxylic acid groups (broad SMARTS) is 1. The molecule has 0 bridgehead atoms. The molecule has 1 heterocycles. The second-order valence-electron chi connectivity index (χ2n) is 5.73. The molecule has 3 N–H and O–H groups in total. The molecule has 2 fully saturated rings. The average molecular weight is 292 g/mol. The highest BCUT2D eigenvalue weighted by molar-refractivity contribution is 5.96. The van der Waals surface area contributed by atoms with E-state index in [1.165, 1.54) is 6.07 Å². The number of rotatable bonds is 3. The largest absolute Gasteiger partial charge is 0.478 e. The predicted molar refractivity (Wildman–Crippen MR) is 74.6 cm³/mol. The standard InChI is InChI=1S/C15H17FN2O3/c16-12-6-9(4-5-11(12)15(20)21)18-14(19)13-10-3-1-2-8(10)7-17-13/h4-6,8,10,13,17H,1-3,7H2,(H,18,19)(H,20,21). The molecular weight excluding hydrogens is 275 g/mol. The summed E-state index contributed by atoms with van der Waals surface area (Å²) in [6, 6.07) is 3.38. The number of anilines is 1. The van der Waals surface area contributed by atoms with E-state index in [4.69, 9.17) is 5.11 Å². The molecule has 1 saturated carbocycles. The Morgan fingerprint density at radius 2 is 2.14 bits per heavy atom. The van der Waals surface area contributed by atoms with E-state index in [1.54, 1.807) is 0 Å². The molecular formula is C15H17FN2O3. The van der Waals surface area contributed by atoms with Crippen LogP contribution in [0.25, 0.3) is 0 Å². The van der Waals surface area contributed by atoms with Gasteiger partial charge in [0, 0.05) is 5.69 Å². The van der Waals surface area contributed by atoms with Gasteiger partial charge in [-0.25, -0.2) is 9.18 Å². The number of fused-ring (bicyclic) bond motifs is 1. The number of benzene rings is 1. The minimum atomic E-state index is -1.32. The van der Waals surface area contributed by atoms with Gasteiger partial charge in [0.1, 0.15) is 5.82 Å². The number of nitrogens with one attached hydrogen (secondary N) is 2. The molecule has 1 saturated heterocycles. The van der Waals surface area contributed by atoms with E-state index < -0.39 is 17.3 Å². The quantitative estimate of drug-likeness (QED) is 0.794. The third-order valence-corrected chi connectivity index (χ3v) is 4.50. The Kier molecular flexibility index (Phi) is 3.63. The van der Waals surface area contributed by atoms with Crippen molar-refractivity contribution in [3.63, 3.8) is 0 Å². The van der Waals surface area contributed by atoms with Crippen LogP contribution in [0.5, 0.6) is 0 Å². The lowest BCUT2D eigenvalue weighted by atomic mass is 9.93. The highest BCUT2D eigenvalue weighted by Gasteiger charge is 2.42. The highest BCUT2D eigenvalue weighted by Crippen LogP contribution is 2.38. The Balaban J connectivity index is 1.70. The molecule has 0 radical (unpaired) electrons. The van der Waals surface area contributed by atoms with Gasteiger partial charge in [0.2, 0.25) is 5.91 Å². The minimum Gasteiger partial charge on any atom is -0.478 e. The molecule has 3 rings (SSSR count). The normalized spacial score (nSPS) is 27.4. The minimum absolute atomic E-state index is 0.174. The second kappa shape index (κ2) is 5.44. The van der Waals surface area contributed by atoms with Gasteiger partial charge in [0.15, 0.2) is 0 Å². The zero-order valence-corrected chi connectivity index (χ0v) is 11.4. The molecule has 2 aliphatic rings. The van der Waals surface area contributed by atoms with Crippen LogP contribution in [-0.2, 0) is 4.79 Å². The Bertz CT molecular complexity index is 590. The summed E-state index contributed by atoms with van der Waals surface area (Å²) < 4.78 is 13.6. The van der Waals surface area contributed by atoms with Gasteiger partial charge in [-0.2, -0.15) is 0 Å². The van der Waals surface area contributed by atoms with Crippen molar-refractivity contribution in [1.29, 1.82) is 0 Å². The Morgan fingerprint density at radius 1 is 1.33 bits per heavy atom. The monoisotopic (exact) mass is 292 g/mol. The van der Waals surface area contributed by atoms with Crippen LogP contribution in [0, 0.1) is 17.7 Å². The first-order valence-electron chi connectivity index (χ1n) is 7.13. The van der Waals surface area contributed by atoms with E-state index in [1.807, 2.05) is 0 Å². The highest BCUT2D eigenvalue weighted by atomic mass is 19.1. The lowest BCUT2D eigenvalue weighted by Crippen LogP contribution is -2.39.